The number of sulfonamides is 1. The van der Waals surface area contributed by atoms with Crippen molar-refractivity contribution >= 4 is 39.1 Å². The van der Waals surface area contributed by atoms with Crippen molar-refractivity contribution in [3.05, 3.63) is 24.3 Å². The van der Waals surface area contributed by atoms with Gasteiger partial charge in [0.15, 0.2) is 0 Å². The lowest BCUT2D eigenvalue weighted by Crippen LogP contribution is -2.46. The summed E-state index contributed by atoms with van der Waals surface area (Å²) in [6, 6.07) is 5.67. The second-order valence-electron chi connectivity index (χ2n) is 6.53. The summed E-state index contributed by atoms with van der Waals surface area (Å²) >= 11 is 5.55. The molecule has 0 fully saturated rings. The van der Waals surface area contributed by atoms with Crippen molar-refractivity contribution in [2.45, 2.75) is 44.9 Å². The SMILES string of the molecule is CC(C)(C)C(=O)NNS(=O)(=O)c1ccc(NC(=O)CCCCCl)cc1. The van der Waals surface area contributed by atoms with Crippen molar-refractivity contribution in [2.24, 2.45) is 5.41 Å². The number of hydrogen-bond acceptors (Lipinski definition) is 4. The number of rotatable bonds is 8. The average Bonchev–Trinajstić information content (AvgIpc) is 2.52. The van der Waals surface area contributed by atoms with Crippen LogP contribution < -0.4 is 15.6 Å². The van der Waals surface area contributed by atoms with Crippen LogP contribution in [0.5, 0.6) is 0 Å². The summed E-state index contributed by atoms with van der Waals surface area (Å²) in [4.78, 5) is 25.5. The average molecular weight is 390 g/mol. The second kappa shape index (κ2) is 9.17. The van der Waals surface area contributed by atoms with Gasteiger partial charge in [-0.25, -0.2) is 8.42 Å². The maximum atomic E-state index is 12.1. The number of benzene rings is 1. The Bertz CT molecular complexity index is 697. The molecule has 1 aromatic rings. The monoisotopic (exact) mass is 389 g/mol. The maximum absolute atomic E-state index is 12.1. The van der Waals surface area contributed by atoms with Crippen LogP contribution in [0.15, 0.2) is 29.2 Å². The molecule has 0 aromatic heterocycles. The Balaban J connectivity index is 2.65. The van der Waals surface area contributed by atoms with Crippen molar-refractivity contribution < 1.29 is 18.0 Å². The van der Waals surface area contributed by atoms with Gasteiger partial charge in [0.2, 0.25) is 11.8 Å². The summed E-state index contributed by atoms with van der Waals surface area (Å²) in [5, 5.41) is 2.68. The predicted octanol–water partition coefficient (Wildman–Crippen LogP) is 2.39. The third-order valence-corrected chi connectivity index (χ3v) is 4.75. The summed E-state index contributed by atoms with van der Waals surface area (Å²) in [6.45, 7) is 5.00. The number of carbonyl (C=O) groups is 2. The number of anilines is 1. The van der Waals surface area contributed by atoms with Gasteiger partial charge in [-0.2, -0.15) is 0 Å². The van der Waals surface area contributed by atoms with Crippen molar-refractivity contribution in [1.82, 2.24) is 10.3 Å². The highest BCUT2D eigenvalue weighted by atomic mass is 35.5. The van der Waals surface area contributed by atoms with Crippen LogP contribution in [-0.4, -0.2) is 26.1 Å². The molecule has 0 atom stereocenters. The van der Waals surface area contributed by atoms with Crippen LogP contribution >= 0.6 is 11.6 Å². The molecule has 0 aliphatic rings. The molecule has 0 bridgehead atoms. The Kier molecular flexibility index (Phi) is 7.85. The molecular formula is C16H24ClN3O4S. The van der Waals surface area contributed by atoms with Crippen molar-refractivity contribution in [2.75, 3.05) is 11.2 Å². The van der Waals surface area contributed by atoms with E-state index in [-0.39, 0.29) is 10.8 Å². The number of hydrogen-bond donors (Lipinski definition) is 3. The van der Waals surface area contributed by atoms with Crippen molar-refractivity contribution in [1.29, 1.82) is 0 Å². The van der Waals surface area contributed by atoms with E-state index in [1.54, 1.807) is 20.8 Å². The zero-order valence-corrected chi connectivity index (χ0v) is 16.1. The molecule has 0 spiro atoms. The molecule has 0 saturated carbocycles. The molecule has 0 saturated heterocycles. The van der Waals surface area contributed by atoms with Crippen LogP contribution in [0.1, 0.15) is 40.0 Å². The molecule has 25 heavy (non-hydrogen) atoms. The van der Waals surface area contributed by atoms with Crippen LogP contribution in [0.3, 0.4) is 0 Å². The first-order valence-electron chi connectivity index (χ1n) is 7.84. The molecule has 140 valence electrons. The largest absolute Gasteiger partial charge is 0.326 e. The molecular weight excluding hydrogens is 366 g/mol. The Morgan fingerprint density at radius 2 is 1.68 bits per heavy atom. The zero-order valence-electron chi connectivity index (χ0n) is 14.6. The standard InChI is InChI=1S/C16H24ClN3O4S/c1-16(2,3)15(22)19-20-25(23,24)13-9-7-12(8-10-13)18-14(21)6-4-5-11-17/h7-10,20H,4-6,11H2,1-3H3,(H,18,21)(H,19,22). The van der Waals surface area contributed by atoms with E-state index in [4.69, 9.17) is 11.6 Å². The minimum atomic E-state index is -3.89. The molecule has 1 rings (SSSR count). The summed E-state index contributed by atoms with van der Waals surface area (Å²) < 4.78 is 24.3. The molecule has 0 aliphatic carbocycles. The number of amides is 2. The summed E-state index contributed by atoms with van der Waals surface area (Å²) in [5.74, 6) is -0.0910. The van der Waals surface area contributed by atoms with Gasteiger partial charge in [-0.3, -0.25) is 15.0 Å². The highest BCUT2D eigenvalue weighted by Crippen LogP contribution is 2.15. The van der Waals surface area contributed by atoms with Gasteiger partial charge in [-0.05, 0) is 37.1 Å². The molecule has 0 radical (unpaired) electrons. The van der Waals surface area contributed by atoms with Gasteiger partial charge < -0.3 is 5.32 Å². The lowest BCUT2D eigenvalue weighted by atomic mass is 9.96. The molecule has 0 aliphatic heterocycles. The quantitative estimate of drug-likeness (QED) is 0.360. The van der Waals surface area contributed by atoms with E-state index in [2.05, 4.69) is 10.7 Å². The minimum absolute atomic E-state index is 0.0261. The van der Waals surface area contributed by atoms with Crippen molar-refractivity contribution in [3.63, 3.8) is 0 Å². The molecule has 3 N–H and O–H groups in total. The Morgan fingerprint density at radius 1 is 1.08 bits per heavy atom. The number of carbonyl (C=O) groups excluding carboxylic acids is 2. The third-order valence-electron chi connectivity index (χ3n) is 3.22. The van der Waals surface area contributed by atoms with Crippen LogP contribution in [0.4, 0.5) is 5.69 Å². The first-order valence-corrected chi connectivity index (χ1v) is 9.86. The topological polar surface area (TPSA) is 104 Å². The first-order chi connectivity index (χ1) is 11.6. The van der Waals surface area contributed by atoms with Crippen molar-refractivity contribution in [3.8, 4) is 0 Å². The van der Waals surface area contributed by atoms with Gasteiger partial charge in [0.05, 0.1) is 4.90 Å². The zero-order chi connectivity index (χ0) is 19.1. The van der Waals surface area contributed by atoms with Gasteiger partial charge in [-0.15, -0.1) is 16.4 Å². The fourth-order valence-corrected chi connectivity index (χ4v) is 2.71. The van der Waals surface area contributed by atoms with E-state index in [0.29, 0.717) is 24.4 Å². The van der Waals surface area contributed by atoms with E-state index in [0.717, 1.165) is 6.42 Å². The van der Waals surface area contributed by atoms with E-state index in [1.807, 2.05) is 4.83 Å². The highest BCUT2D eigenvalue weighted by Gasteiger charge is 2.23. The molecule has 1 aromatic carbocycles. The number of halogens is 1. The van der Waals surface area contributed by atoms with Crippen LogP contribution in [-0.2, 0) is 19.6 Å². The van der Waals surface area contributed by atoms with E-state index < -0.39 is 21.3 Å². The normalized spacial score (nSPS) is 11.8. The van der Waals surface area contributed by atoms with Crippen LogP contribution in [0.25, 0.3) is 0 Å². The smallest absolute Gasteiger partial charge is 0.257 e. The summed E-state index contributed by atoms with van der Waals surface area (Å²) in [7, 11) is -3.89. The fourth-order valence-electron chi connectivity index (χ4n) is 1.68. The third kappa shape index (κ3) is 7.41. The summed E-state index contributed by atoms with van der Waals surface area (Å²) in [5.41, 5.74) is 1.95. The predicted molar refractivity (Wildman–Crippen MR) is 97.6 cm³/mol. The molecule has 7 nitrogen and oxygen atoms in total. The lowest BCUT2D eigenvalue weighted by Gasteiger charge is -2.18. The number of hydrazine groups is 1. The molecule has 0 heterocycles. The second-order valence-corrected chi connectivity index (χ2v) is 8.59. The molecule has 0 unspecified atom stereocenters. The number of unbranched alkanes of at least 4 members (excludes halogenated alkanes) is 1. The molecule has 2 amide bonds. The van der Waals surface area contributed by atoms with Gasteiger partial charge in [-0.1, -0.05) is 20.8 Å². The van der Waals surface area contributed by atoms with Gasteiger partial charge in [0, 0.05) is 23.4 Å². The Morgan fingerprint density at radius 3 is 2.20 bits per heavy atom. The van der Waals surface area contributed by atoms with E-state index in [9.17, 15) is 18.0 Å². The van der Waals surface area contributed by atoms with Gasteiger partial charge in [0.1, 0.15) is 0 Å². The van der Waals surface area contributed by atoms with Crippen LogP contribution in [0.2, 0.25) is 0 Å². The first kappa shape index (κ1) is 21.4. The Hall–Kier alpha value is -1.64. The lowest BCUT2D eigenvalue weighted by molar-refractivity contribution is -0.129. The maximum Gasteiger partial charge on any atom is 0.257 e. The van der Waals surface area contributed by atoms with Gasteiger partial charge in [0.25, 0.3) is 10.0 Å². The van der Waals surface area contributed by atoms with E-state index in [1.165, 1.54) is 24.3 Å². The number of nitrogens with one attached hydrogen (secondary N) is 3. The van der Waals surface area contributed by atoms with Gasteiger partial charge >= 0.3 is 0 Å². The molecule has 9 heteroatoms. The Labute approximate surface area is 153 Å². The van der Waals surface area contributed by atoms with Crippen LogP contribution in [0, 0.1) is 5.41 Å². The highest BCUT2D eigenvalue weighted by molar-refractivity contribution is 7.89. The minimum Gasteiger partial charge on any atom is -0.326 e. The van der Waals surface area contributed by atoms with E-state index >= 15 is 0 Å². The summed E-state index contributed by atoms with van der Waals surface area (Å²) in [6.07, 6.45) is 1.81. The fraction of sp³-hybridized carbons (Fsp3) is 0.500. The number of alkyl halides is 1.